The molecule has 0 N–H and O–H groups in total. The van der Waals surface area contributed by atoms with Crippen molar-refractivity contribution < 1.29 is 23.7 Å². The van der Waals surface area contributed by atoms with Crippen LogP contribution in [0, 0.1) is 28.3 Å². The number of nitro benzene ring substituents is 1. The van der Waals surface area contributed by atoms with Gasteiger partial charge in [0.1, 0.15) is 17.3 Å². The molecule has 0 aromatic heterocycles. The number of halogens is 1. The van der Waals surface area contributed by atoms with Crippen LogP contribution < -0.4 is 4.90 Å². The van der Waals surface area contributed by atoms with Gasteiger partial charge >= 0.3 is 0 Å². The first kappa shape index (κ1) is 25.7. The van der Waals surface area contributed by atoms with Crippen molar-refractivity contribution in [2.24, 2.45) is 5.41 Å². The molecule has 42 heavy (non-hydrogen) atoms. The summed E-state index contributed by atoms with van der Waals surface area (Å²) in [5, 5.41) is 11.9. The first-order valence-electron chi connectivity index (χ1n) is 13.5. The zero-order valence-corrected chi connectivity index (χ0v) is 22.4. The van der Waals surface area contributed by atoms with E-state index >= 15 is 0 Å². The third-order valence-corrected chi connectivity index (χ3v) is 8.81. The zero-order chi connectivity index (χ0) is 29.3. The van der Waals surface area contributed by atoms with Gasteiger partial charge in [-0.15, -0.1) is 0 Å². The minimum atomic E-state index is -1.80. The smallest absolute Gasteiger partial charge is 0.269 e. The highest BCUT2D eigenvalue weighted by molar-refractivity contribution is 6.32. The molecule has 3 atom stereocenters. The maximum absolute atomic E-state index is 14.6. The SMILES string of the molecule is Cc1ccc(C(=O)[C@@H]2[C@H](c3cccc([N+](=O)[O-])c3)C3(C(=O)c4ccccc4C3=O)[C@H]3C=Cc4cc(F)ccc4N23)cc1. The minimum absolute atomic E-state index is 0.220. The predicted molar refractivity (Wildman–Crippen MR) is 154 cm³/mol. The highest BCUT2D eigenvalue weighted by Crippen LogP contribution is 2.61. The molecule has 4 aromatic carbocycles. The highest BCUT2D eigenvalue weighted by atomic mass is 19.1. The van der Waals surface area contributed by atoms with E-state index < -0.39 is 45.7 Å². The Labute approximate surface area is 240 Å². The normalized spacial score (nSPS) is 21.3. The van der Waals surface area contributed by atoms with E-state index in [1.165, 1.54) is 30.3 Å². The zero-order valence-electron chi connectivity index (χ0n) is 22.4. The van der Waals surface area contributed by atoms with Crippen LogP contribution in [0.25, 0.3) is 6.08 Å². The van der Waals surface area contributed by atoms with Gasteiger partial charge in [-0.05, 0) is 30.7 Å². The molecule has 7 rings (SSSR count). The number of carbonyl (C=O) groups excluding carboxylic acids is 3. The van der Waals surface area contributed by atoms with Crippen molar-refractivity contribution in [2.75, 3.05) is 4.90 Å². The average Bonchev–Trinajstić information content (AvgIpc) is 3.43. The lowest BCUT2D eigenvalue weighted by Crippen LogP contribution is -2.48. The number of Topliss-reactive ketones (excluding diaryl/α,β-unsaturated/α-hetero) is 3. The van der Waals surface area contributed by atoms with Crippen LogP contribution >= 0.6 is 0 Å². The Kier molecular flexibility index (Phi) is 5.59. The van der Waals surface area contributed by atoms with E-state index in [1.807, 2.05) is 6.92 Å². The van der Waals surface area contributed by atoms with E-state index in [1.54, 1.807) is 77.7 Å². The molecule has 0 amide bonds. The van der Waals surface area contributed by atoms with Gasteiger partial charge in [-0.3, -0.25) is 24.5 Å². The molecule has 0 saturated carbocycles. The number of rotatable bonds is 4. The van der Waals surface area contributed by atoms with Crippen molar-refractivity contribution >= 4 is 34.8 Å². The third-order valence-electron chi connectivity index (χ3n) is 8.81. The van der Waals surface area contributed by atoms with Crippen LogP contribution in [0.4, 0.5) is 15.8 Å². The molecule has 206 valence electrons. The Morgan fingerprint density at radius 2 is 1.60 bits per heavy atom. The maximum atomic E-state index is 14.6. The molecular formula is C34H23FN2O5. The Balaban J connectivity index is 1.56. The summed E-state index contributed by atoms with van der Waals surface area (Å²) in [6.45, 7) is 1.90. The average molecular weight is 559 g/mol. The Bertz CT molecular complexity index is 1840. The number of benzene rings is 4. The molecule has 1 spiro atoms. The Hall–Kier alpha value is -5.24. The molecule has 0 radical (unpaired) electrons. The summed E-state index contributed by atoms with van der Waals surface area (Å²) in [6, 6.07) is 21.5. The molecule has 3 aliphatic rings. The lowest BCUT2D eigenvalue weighted by molar-refractivity contribution is -0.384. The lowest BCUT2D eigenvalue weighted by atomic mass is 9.64. The van der Waals surface area contributed by atoms with Crippen LogP contribution in [-0.4, -0.2) is 34.4 Å². The first-order chi connectivity index (χ1) is 20.2. The molecule has 0 bridgehead atoms. The molecule has 7 nitrogen and oxygen atoms in total. The third kappa shape index (κ3) is 3.41. The van der Waals surface area contributed by atoms with E-state index in [2.05, 4.69) is 0 Å². The van der Waals surface area contributed by atoms with Crippen LogP contribution in [0.15, 0.2) is 97.1 Å². The number of nitrogens with zero attached hydrogens (tertiary/aromatic N) is 2. The fourth-order valence-corrected chi connectivity index (χ4v) is 7.04. The molecule has 1 saturated heterocycles. The number of carbonyl (C=O) groups is 3. The summed E-state index contributed by atoms with van der Waals surface area (Å²) in [7, 11) is 0. The molecule has 0 unspecified atom stereocenters. The van der Waals surface area contributed by atoms with Crippen LogP contribution in [0.5, 0.6) is 0 Å². The summed E-state index contributed by atoms with van der Waals surface area (Å²) in [5.41, 5.74) is 1.12. The van der Waals surface area contributed by atoms with Gasteiger partial charge in [0.15, 0.2) is 17.3 Å². The van der Waals surface area contributed by atoms with Gasteiger partial charge in [0.25, 0.3) is 5.69 Å². The quantitative estimate of drug-likeness (QED) is 0.125. The van der Waals surface area contributed by atoms with E-state index in [0.717, 1.165) is 5.56 Å². The number of anilines is 1. The largest absolute Gasteiger partial charge is 0.352 e. The van der Waals surface area contributed by atoms with Crippen LogP contribution in [0.1, 0.15) is 53.7 Å². The number of hydrogen-bond donors (Lipinski definition) is 0. The lowest BCUT2D eigenvalue weighted by Gasteiger charge is -2.37. The van der Waals surface area contributed by atoms with E-state index in [4.69, 9.17) is 0 Å². The number of nitro groups is 1. The molecule has 1 fully saturated rings. The van der Waals surface area contributed by atoms with Crippen molar-refractivity contribution in [3.63, 3.8) is 0 Å². The fourth-order valence-electron chi connectivity index (χ4n) is 7.04. The van der Waals surface area contributed by atoms with Crippen LogP contribution in [-0.2, 0) is 0 Å². The van der Waals surface area contributed by atoms with Crippen LogP contribution in [0.2, 0.25) is 0 Å². The maximum Gasteiger partial charge on any atom is 0.269 e. The molecule has 2 heterocycles. The molecule has 2 aliphatic heterocycles. The predicted octanol–water partition coefficient (Wildman–Crippen LogP) is 6.36. The number of non-ortho nitro benzene ring substituents is 1. The number of hydrogen-bond acceptors (Lipinski definition) is 6. The van der Waals surface area contributed by atoms with Crippen molar-refractivity contribution in [3.05, 3.63) is 146 Å². The second-order valence-corrected chi connectivity index (χ2v) is 11.0. The van der Waals surface area contributed by atoms with Crippen LogP contribution in [0.3, 0.4) is 0 Å². The van der Waals surface area contributed by atoms with Gasteiger partial charge in [-0.2, -0.15) is 0 Å². The van der Waals surface area contributed by atoms with E-state index in [0.29, 0.717) is 22.4 Å². The molecule has 8 heteroatoms. The fraction of sp³-hybridized carbons (Fsp3) is 0.147. The van der Waals surface area contributed by atoms with Crippen molar-refractivity contribution in [3.8, 4) is 0 Å². The second kappa shape index (κ2) is 9.14. The van der Waals surface area contributed by atoms with E-state index in [9.17, 15) is 28.9 Å². The number of aryl methyl sites for hydroxylation is 1. The van der Waals surface area contributed by atoms with Gasteiger partial charge in [0.05, 0.1) is 11.0 Å². The summed E-state index contributed by atoms with van der Waals surface area (Å²) >= 11 is 0. The van der Waals surface area contributed by atoms with Crippen molar-refractivity contribution in [2.45, 2.75) is 24.9 Å². The van der Waals surface area contributed by atoms with Gasteiger partial charge in [0, 0.05) is 46.0 Å². The van der Waals surface area contributed by atoms with Gasteiger partial charge < -0.3 is 4.90 Å². The van der Waals surface area contributed by atoms with Gasteiger partial charge in [0.2, 0.25) is 0 Å². The highest BCUT2D eigenvalue weighted by Gasteiger charge is 2.71. The van der Waals surface area contributed by atoms with Crippen molar-refractivity contribution in [1.29, 1.82) is 0 Å². The first-order valence-corrected chi connectivity index (χ1v) is 13.5. The Morgan fingerprint density at radius 1 is 0.905 bits per heavy atom. The summed E-state index contributed by atoms with van der Waals surface area (Å²) < 4.78 is 14.4. The Morgan fingerprint density at radius 3 is 2.26 bits per heavy atom. The summed E-state index contributed by atoms with van der Waals surface area (Å²) in [4.78, 5) is 56.9. The number of fused-ring (bicyclic) bond motifs is 5. The second-order valence-electron chi connectivity index (χ2n) is 11.0. The summed E-state index contributed by atoms with van der Waals surface area (Å²) in [6.07, 6.45) is 3.37. The molecule has 1 aliphatic carbocycles. The summed E-state index contributed by atoms with van der Waals surface area (Å²) in [5.74, 6) is -2.80. The van der Waals surface area contributed by atoms with Gasteiger partial charge in [-0.25, -0.2) is 4.39 Å². The minimum Gasteiger partial charge on any atom is -0.352 e. The van der Waals surface area contributed by atoms with Gasteiger partial charge in [-0.1, -0.05) is 78.4 Å². The topological polar surface area (TPSA) is 97.6 Å². The molecule has 4 aromatic rings. The number of ketones is 3. The van der Waals surface area contributed by atoms with E-state index in [-0.39, 0.29) is 22.6 Å². The standard InChI is InChI=1S/C34H23FN2O5/c1-19-9-11-20(12-10-19)31(38)30-29(22-5-4-6-24(18-22)37(41)42)34(32(39)25-7-2-3-8-26(25)33(34)40)28-16-13-21-17-23(35)14-15-27(21)36(28)30/h2-18,28-30H,1H3/t28-,29+,30+/m1/s1. The monoisotopic (exact) mass is 558 g/mol. The molecular weight excluding hydrogens is 535 g/mol. The van der Waals surface area contributed by atoms with Crippen molar-refractivity contribution in [1.82, 2.24) is 0 Å².